The SMILES string of the molecule is OC[C@@H]1O[C@H](O)[C@@H](O[C@]2(CO)O[C@H](CO)[C@@H](O)[C@@H]2O)[C@H](O)[C@H]1O. The molecule has 0 unspecified atom stereocenters. The highest BCUT2D eigenvalue weighted by Gasteiger charge is 2.58. The minimum Gasteiger partial charge on any atom is -0.394 e. The van der Waals surface area contributed by atoms with E-state index in [0.29, 0.717) is 0 Å². The van der Waals surface area contributed by atoms with E-state index in [4.69, 9.17) is 24.4 Å². The maximum absolute atomic E-state index is 10.00. The van der Waals surface area contributed by atoms with Crippen molar-refractivity contribution in [2.45, 2.75) is 54.8 Å². The van der Waals surface area contributed by atoms with Crippen LogP contribution in [0.5, 0.6) is 0 Å². The normalized spacial score (nSPS) is 51.1. The van der Waals surface area contributed by atoms with Crippen LogP contribution in [-0.4, -0.2) is 115 Å². The van der Waals surface area contributed by atoms with E-state index in [-0.39, 0.29) is 0 Å². The summed E-state index contributed by atoms with van der Waals surface area (Å²) < 4.78 is 15.2. The number of hydrogen-bond donors (Lipinski definition) is 8. The van der Waals surface area contributed by atoms with Crippen LogP contribution >= 0.6 is 0 Å². The third-order valence-corrected chi connectivity index (χ3v) is 4.08. The average molecular weight is 342 g/mol. The molecule has 2 aliphatic rings. The molecule has 0 amide bonds. The van der Waals surface area contributed by atoms with Crippen LogP contribution in [0.3, 0.4) is 0 Å². The van der Waals surface area contributed by atoms with Crippen molar-refractivity contribution < 1.29 is 55.1 Å². The topological polar surface area (TPSA) is 190 Å². The van der Waals surface area contributed by atoms with Crippen molar-refractivity contribution in [1.29, 1.82) is 0 Å². The van der Waals surface area contributed by atoms with E-state index in [1.54, 1.807) is 0 Å². The number of rotatable bonds is 5. The Bertz CT molecular complexity index is 395. The van der Waals surface area contributed by atoms with Crippen LogP contribution in [-0.2, 0) is 14.2 Å². The lowest BCUT2D eigenvalue weighted by atomic mass is 9.98. The molecule has 0 aromatic rings. The van der Waals surface area contributed by atoms with Crippen molar-refractivity contribution in [1.82, 2.24) is 0 Å². The van der Waals surface area contributed by atoms with Crippen LogP contribution in [0, 0.1) is 0 Å². The molecular formula is C12H22O11. The summed E-state index contributed by atoms with van der Waals surface area (Å²) in [6.45, 7) is -2.32. The molecule has 0 spiro atoms. The van der Waals surface area contributed by atoms with E-state index in [9.17, 15) is 30.6 Å². The molecule has 136 valence electrons. The Morgan fingerprint density at radius 3 is 1.91 bits per heavy atom. The lowest BCUT2D eigenvalue weighted by molar-refractivity contribution is -0.366. The van der Waals surface area contributed by atoms with Crippen LogP contribution in [0.4, 0.5) is 0 Å². The van der Waals surface area contributed by atoms with Gasteiger partial charge in [-0.1, -0.05) is 0 Å². The zero-order valence-electron chi connectivity index (χ0n) is 12.0. The molecule has 11 heteroatoms. The van der Waals surface area contributed by atoms with Gasteiger partial charge in [0, 0.05) is 0 Å². The predicted octanol–water partition coefficient (Wildman–Crippen LogP) is -5.40. The molecule has 9 atom stereocenters. The number of aliphatic hydroxyl groups is 8. The monoisotopic (exact) mass is 342 g/mol. The van der Waals surface area contributed by atoms with Gasteiger partial charge in [-0.05, 0) is 0 Å². The summed E-state index contributed by atoms with van der Waals surface area (Å²) in [4.78, 5) is 0. The molecule has 0 aromatic heterocycles. The van der Waals surface area contributed by atoms with Crippen molar-refractivity contribution in [2.75, 3.05) is 19.8 Å². The third-order valence-electron chi connectivity index (χ3n) is 4.08. The van der Waals surface area contributed by atoms with Crippen molar-refractivity contribution in [2.24, 2.45) is 0 Å². The van der Waals surface area contributed by atoms with Gasteiger partial charge in [-0.2, -0.15) is 0 Å². The Hall–Kier alpha value is -0.440. The Morgan fingerprint density at radius 1 is 0.826 bits per heavy atom. The Morgan fingerprint density at radius 2 is 1.43 bits per heavy atom. The van der Waals surface area contributed by atoms with E-state index >= 15 is 0 Å². The van der Waals surface area contributed by atoms with Crippen LogP contribution in [0.25, 0.3) is 0 Å². The fraction of sp³-hybridized carbons (Fsp3) is 1.00. The van der Waals surface area contributed by atoms with Gasteiger partial charge < -0.3 is 55.1 Å². The zero-order chi connectivity index (χ0) is 17.4. The first-order valence-corrected chi connectivity index (χ1v) is 7.05. The van der Waals surface area contributed by atoms with Gasteiger partial charge in [0.1, 0.15) is 49.3 Å². The molecule has 2 aliphatic heterocycles. The van der Waals surface area contributed by atoms with E-state index in [2.05, 4.69) is 0 Å². The van der Waals surface area contributed by atoms with E-state index in [1.165, 1.54) is 0 Å². The van der Waals surface area contributed by atoms with Crippen LogP contribution < -0.4 is 0 Å². The Labute approximate surface area is 130 Å². The van der Waals surface area contributed by atoms with Gasteiger partial charge in [-0.25, -0.2) is 0 Å². The minimum absolute atomic E-state index is 0.669. The predicted molar refractivity (Wildman–Crippen MR) is 68.6 cm³/mol. The summed E-state index contributed by atoms with van der Waals surface area (Å²) in [5.74, 6) is -2.24. The molecule has 0 aliphatic carbocycles. The highest BCUT2D eigenvalue weighted by Crippen LogP contribution is 2.36. The summed E-state index contributed by atoms with van der Waals surface area (Å²) in [6.07, 6.45) is -12.7. The maximum atomic E-state index is 10.00. The molecule has 0 bridgehead atoms. The van der Waals surface area contributed by atoms with Gasteiger partial charge >= 0.3 is 0 Å². The second-order valence-corrected chi connectivity index (χ2v) is 5.56. The van der Waals surface area contributed by atoms with E-state index < -0.39 is 74.6 Å². The van der Waals surface area contributed by atoms with Crippen LogP contribution in [0.2, 0.25) is 0 Å². The number of hydrogen-bond acceptors (Lipinski definition) is 11. The Kier molecular flexibility index (Phi) is 5.92. The average Bonchev–Trinajstić information content (AvgIpc) is 2.80. The van der Waals surface area contributed by atoms with Gasteiger partial charge in [-0.15, -0.1) is 0 Å². The lowest BCUT2D eigenvalue weighted by Gasteiger charge is -2.43. The second-order valence-electron chi connectivity index (χ2n) is 5.56. The molecule has 2 rings (SSSR count). The summed E-state index contributed by atoms with van der Waals surface area (Å²) in [7, 11) is 0. The fourth-order valence-electron chi connectivity index (χ4n) is 2.70. The maximum Gasteiger partial charge on any atom is 0.222 e. The van der Waals surface area contributed by atoms with Crippen LogP contribution in [0.15, 0.2) is 0 Å². The van der Waals surface area contributed by atoms with Crippen molar-refractivity contribution in [3.63, 3.8) is 0 Å². The fourth-order valence-corrected chi connectivity index (χ4v) is 2.70. The highest BCUT2D eigenvalue weighted by molar-refractivity contribution is 4.99. The van der Waals surface area contributed by atoms with E-state index in [0.717, 1.165) is 0 Å². The summed E-state index contributed by atoms with van der Waals surface area (Å²) in [5.41, 5.74) is 0. The lowest BCUT2D eigenvalue weighted by Crippen LogP contribution is -2.63. The quantitative estimate of drug-likeness (QED) is 0.238. The first-order chi connectivity index (χ1) is 10.8. The molecule has 0 saturated carbocycles. The minimum atomic E-state index is -2.24. The summed E-state index contributed by atoms with van der Waals surface area (Å²) in [5, 5.41) is 76.9. The first kappa shape index (κ1) is 18.9. The molecule has 0 aromatic carbocycles. The van der Waals surface area contributed by atoms with Gasteiger partial charge in [0.25, 0.3) is 0 Å². The highest BCUT2D eigenvalue weighted by atomic mass is 16.8. The zero-order valence-corrected chi connectivity index (χ0v) is 12.0. The summed E-state index contributed by atoms with van der Waals surface area (Å²) in [6, 6.07) is 0. The second kappa shape index (κ2) is 7.21. The first-order valence-electron chi connectivity index (χ1n) is 7.05. The molecule has 2 saturated heterocycles. The van der Waals surface area contributed by atoms with Gasteiger partial charge in [-0.3, -0.25) is 0 Å². The van der Waals surface area contributed by atoms with Gasteiger partial charge in [0.2, 0.25) is 5.79 Å². The number of ether oxygens (including phenoxy) is 3. The number of aliphatic hydroxyl groups excluding tert-OH is 8. The molecule has 2 heterocycles. The molecule has 11 nitrogen and oxygen atoms in total. The molecular weight excluding hydrogens is 320 g/mol. The standard InChI is InChI=1S/C12H22O11/c13-1-4-6(16)8(18)9(11(20)21-4)23-12(3-15)10(19)7(17)5(2-14)22-12/h4-11,13-20H,1-3H2/t4-,5+,6-,7+,8+,9-,10-,11-,12-/m0/s1. The van der Waals surface area contributed by atoms with Gasteiger partial charge in [0.05, 0.1) is 13.2 Å². The molecule has 0 radical (unpaired) electrons. The van der Waals surface area contributed by atoms with Crippen molar-refractivity contribution in [3.8, 4) is 0 Å². The smallest absolute Gasteiger partial charge is 0.222 e. The molecule has 2 fully saturated rings. The molecule has 23 heavy (non-hydrogen) atoms. The van der Waals surface area contributed by atoms with Crippen molar-refractivity contribution in [3.05, 3.63) is 0 Å². The van der Waals surface area contributed by atoms with Crippen LogP contribution in [0.1, 0.15) is 0 Å². The summed E-state index contributed by atoms with van der Waals surface area (Å²) >= 11 is 0. The van der Waals surface area contributed by atoms with Gasteiger partial charge in [0.15, 0.2) is 6.29 Å². The van der Waals surface area contributed by atoms with E-state index in [1.807, 2.05) is 0 Å². The Balaban J connectivity index is 2.18. The largest absolute Gasteiger partial charge is 0.394 e. The molecule has 8 N–H and O–H groups in total. The third kappa shape index (κ3) is 3.23. The van der Waals surface area contributed by atoms with Crippen molar-refractivity contribution >= 4 is 0 Å².